The molecule has 0 unspecified atom stereocenters. The van der Waals surface area contributed by atoms with E-state index in [1.54, 1.807) is 0 Å². The Labute approximate surface area is 85.7 Å². The van der Waals surface area contributed by atoms with Crippen molar-refractivity contribution in [2.45, 2.75) is 31.1 Å². The van der Waals surface area contributed by atoms with Crippen LogP contribution in [0.4, 0.5) is 8.78 Å². The number of rotatable bonds is 3. The Hall–Kier alpha value is -0.760. The molecule has 0 aliphatic carbocycles. The zero-order chi connectivity index (χ0) is 11.6. The molecule has 0 aromatic carbocycles. The zero-order valence-corrected chi connectivity index (χ0v) is 8.58. The lowest BCUT2D eigenvalue weighted by Crippen LogP contribution is -2.49. The molecule has 0 amide bonds. The number of alkyl halides is 2. The third kappa shape index (κ3) is 2.43. The summed E-state index contributed by atoms with van der Waals surface area (Å²) in [4.78, 5) is 10.7. The van der Waals surface area contributed by atoms with E-state index in [0.717, 1.165) is 0 Å². The van der Waals surface area contributed by atoms with Crippen LogP contribution in [0.15, 0.2) is 0 Å². The molecule has 0 bridgehead atoms. The average molecular weight is 243 g/mol. The van der Waals surface area contributed by atoms with Crippen LogP contribution in [0.25, 0.3) is 0 Å². The lowest BCUT2D eigenvalue weighted by molar-refractivity contribution is -0.142. The summed E-state index contributed by atoms with van der Waals surface area (Å²) < 4.78 is 47.0. The summed E-state index contributed by atoms with van der Waals surface area (Å²) >= 11 is 0. The van der Waals surface area contributed by atoms with E-state index in [9.17, 15) is 22.0 Å². The predicted molar refractivity (Wildman–Crippen MR) is 46.9 cm³/mol. The summed E-state index contributed by atoms with van der Waals surface area (Å²) in [6, 6.07) is -1.35. The summed E-state index contributed by atoms with van der Waals surface area (Å²) in [5.74, 6) is -4.93. The normalized spacial score (nSPS) is 24.3. The monoisotopic (exact) mass is 243 g/mol. The minimum absolute atomic E-state index is 0.0846. The highest BCUT2D eigenvalue weighted by molar-refractivity contribution is 7.89. The second kappa shape index (κ2) is 4.40. The largest absolute Gasteiger partial charge is 0.480 e. The van der Waals surface area contributed by atoms with Crippen molar-refractivity contribution in [1.82, 2.24) is 4.31 Å². The molecule has 0 saturated carbocycles. The number of halogens is 2. The molecular formula is C7H11F2NO4S. The molecule has 0 spiro atoms. The first-order valence-corrected chi connectivity index (χ1v) is 5.89. The molecule has 1 aliphatic rings. The van der Waals surface area contributed by atoms with Gasteiger partial charge in [-0.05, 0) is 19.3 Å². The van der Waals surface area contributed by atoms with Gasteiger partial charge in [-0.25, -0.2) is 8.42 Å². The lowest BCUT2D eigenvalue weighted by atomic mass is 10.1. The van der Waals surface area contributed by atoms with Gasteiger partial charge in [0.05, 0.1) is 0 Å². The fraction of sp³-hybridized carbons (Fsp3) is 0.857. The summed E-state index contributed by atoms with van der Waals surface area (Å²) in [6.45, 7) is -0.149. The number of hydrogen-bond acceptors (Lipinski definition) is 3. The standard InChI is InChI=1S/C7H11F2NO4S/c8-7(9)15(13,14)10-4-2-1-3-5(10)6(11)12/h5,7H,1-4H2,(H,11,12)/t5-/m0/s1. The third-order valence-electron chi connectivity index (χ3n) is 2.29. The first kappa shape index (κ1) is 12.3. The third-order valence-corrected chi connectivity index (χ3v) is 3.83. The summed E-state index contributed by atoms with van der Waals surface area (Å²) in [5, 5.41) is 8.70. The minimum atomic E-state index is -4.77. The number of nitrogens with zero attached hydrogens (tertiary/aromatic N) is 1. The Morgan fingerprint density at radius 3 is 2.47 bits per heavy atom. The first-order valence-electron chi connectivity index (χ1n) is 4.39. The zero-order valence-electron chi connectivity index (χ0n) is 7.77. The molecule has 0 radical (unpaired) electrons. The van der Waals surface area contributed by atoms with Crippen LogP contribution in [0.5, 0.6) is 0 Å². The van der Waals surface area contributed by atoms with E-state index in [2.05, 4.69) is 0 Å². The SMILES string of the molecule is O=C(O)[C@@H]1CCCCN1S(=O)(=O)C(F)F. The average Bonchev–Trinajstić information content (AvgIpc) is 2.17. The fourth-order valence-corrected chi connectivity index (χ4v) is 2.70. The van der Waals surface area contributed by atoms with Crippen LogP contribution in [0.3, 0.4) is 0 Å². The number of carboxylic acids is 1. The van der Waals surface area contributed by atoms with Crippen molar-refractivity contribution in [2.75, 3.05) is 6.54 Å². The van der Waals surface area contributed by atoms with Gasteiger partial charge in [0.2, 0.25) is 0 Å². The molecule has 88 valence electrons. The highest BCUT2D eigenvalue weighted by atomic mass is 32.2. The second-order valence-electron chi connectivity index (χ2n) is 3.27. The smallest absolute Gasteiger partial charge is 0.350 e. The molecule has 1 rings (SSSR count). The first-order chi connectivity index (χ1) is 6.87. The van der Waals surface area contributed by atoms with Crippen LogP contribution in [0, 0.1) is 0 Å². The summed E-state index contributed by atoms with van der Waals surface area (Å²) in [7, 11) is -4.77. The number of hydrogen-bond donors (Lipinski definition) is 1. The Morgan fingerprint density at radius 1 is 1.40 bits per heavy atom. The van der Waals surface area contributed by atoms with E-state index < -0.39 is 27.8 Å². The van der Waals surface area contributed by atoms with Gasteiger partial charge in [0.25, 0.3) is 10.0 Å². The molecule has 5 nitrogen and oxygen atoms in total. The van der Waals surface area contributed by atoms with Gasteiger partial charge in [-0.3, -0.25) is 4.79 Å². The molecule has 1 atom stereocenters. The van der Waals surface area contributed by atoms with Crippen LogP contribution >= 0.6 is 0 Å². The van der Waals surface area contributed by atoms with Gasteiger partial charge in [-0.1, -0.05) is 0 Å². The fourth-order valence-electron chi connectivity index (χ4n) is 1.56. The van der Waals surface area contributed by atoms with Gasteiger partial charge in [0, 0.05) is 6.54 Å². The molecule has 0 aromatic rings. The van der Waals surface area contributed by atoms with Crippen molar-refractivity contribution < 1.29 is 27.1 Å². The molecule has 1 aliphatic heterocycles. The molecule has 0 aromatic heterocycles. The van der Waals surface area contributed by atoms with Crippen molar-refractivity contribution >= 4 is 16.0 Å². The van der Waals surface area contributed by atoms with E-state index in [-0.39, 0.29) is 13.0 Å². The molecule has 1 N–H and O–H groups in total. The van der Waals surface area contributed by atoms with E-state index in [1.807, 2.05) is 0 Å². The van der Waals surface area contributed by atoms with E-state index >= 15 is 0 Å². The Balaban J connectivity index is 2.95. The molecular weight excluding hydrogens is 232 g/mol. The molecule has 15 heavy (non-hydrogen) atoms. The quantitative estimate of drug-likeness (QED) is 0.782. The molecule has 1 fully saturated rings. The van der Waals surface area contributed by atoms with Gasteiger partial charge in [-0.2, -0.15) is 13.1 Å². The Kier molecular flexibility index (Phi) is 3.61. The van der Waals surface area contributed by atoms with Gasteiger partial charge in [-0.15, -0.1) is 0 Å². The maximum Gasteiger partial charge on any atom is 0.350 e. The summed E-state index contributed by atoms with van der Waals surface area (Å²) in [6.07, 6.45) is 1.03. The van der Waals surface area contributed by atoms with E-state index in [4.69, 9.17) is 5.11 Å². The highest BCUT2D eigenvalue weighted by Gasteiger charge is 2.41. The lowest BCUT2D eigenvalue weighted by Gasteiger charge is -2.31. The maximum absolute atomic E-state index is 12.2. The van der Waals surface area contributed by atoms with Gasteiger partial charge < -0.3 is 5.11 Å². The van der Waals surface area contributed by atoms with E-state index in [0.29, 0.717) is 17.1 Å². The summed E-state index contributed by atoms with van der Waals surface area (Å²) in [5.41, 5.74) is 0. The molecule has 8 heteroatoms. The van der Waals surface area contributed by atoms with Crippen LogP contribution < -0.4 is 0 Å². The van der Waals surface area contributed by atoms with Gasteiger partial charge in [0.1, 0.15) is 6.04 Å². The van der Waals surface area contributed by atoms with Crippen molar-refractivity contribution in [3.05, 3.63) is 0 Å². The van der Waals surface area contributed by atoms with Crippen molar-refractivity contribution in [1.29, 1.82) is 0 Å². The van der Waals surface area contributed by atoms with Crippen molar-refractivity contribution in [3.8, 4) is 0 Å². The van der Waals surface area contributed by atoms with Crippen molar-refractivity contribution in [2.24, 2.45) is 0 Å². The van der Waals surface area contributed by atoms with E-state index in [1.165, 1.54) is 0 Å². The Bertz CT molecular complexity index is 343. The molecule has 1 heterocycles. The predicted octanol–water partition coefficient (Wildman–Crippen LogP) is 0.478. The maximum atomic E-state index is 12.2. The topological polar surface area (TPSA) is 74.7 Å². The van der Waals surface area contributed by atoms with Crippen LogP contribution in [-0.4, -0.2) is 42.1 Å². The number of piperidine rings is 1. The Morgan fingerprint density at radius 2 is 2.00 bits per heavy atom. The number of carbonyl (C=O) groups is 1. The minimum Gasteiger partial charge on any atom is -0.480 e. The highest BCUT2D eigenvalue weighted by Crippen LogP contribution is 2.23. The van der Waals surface area contributed by atoms with Gasteiger partial charge >= 0.3 is 11.7 Å². The number of carboxylic acid groups (broad SMARTS) is 1. The van der Waals surface area contributed by atoms with Gasteiger partial charge in [0.15, 0.2) is 0 Å². The number of sulfonamides is 1. The van der Waals surface area contributed by atoms with Crippen molar-refractivity contribution in [3.63, 3.8) is 0 Å². The molecule has 1 saturated heterocycles. The number of aliphatic carboxylic acids is 1. The van der Waals surface area contributed by atoms with Crippen LogP contribution in [0.2, 0.25) is 0 Å². The second-order valence-corrected chi connectivity index (χ2v) is 5.12. The van der Waals surface area contributed by atoms with Crippen LogP contribution in [-0.2, 0) is 14.8 Å². The van der Waals surface area contributed by atoms with Crippen LogP contribution in [0.1, 0.15) is 19.3 Å².